The van der Waals surface area contributed by atoms with Crippen LogP contribution in [0.4, 0.5) is 4.79 Å². The molecule has 0 bridgehead atoms. The van der Waals surface area contributed by atoms with Crippen LogP contribution < -0.4 is 10.6 Å². The molecule has 3 amide bonds. The Kier molecular flexibility index (Phi) is 8.20. The largest absolute Gasteiger partial charge is 0.445 e. The SMILES string of the molecule is CO[C@H]1CN[C@@H]2CCN(C(=O)[C@@H](NC(=O)[C@H](C)N(C)C(=O)OCc3ccccc3)C(C)(C)C)[C@H]12. The molecular formula is C25H38N4O5. The number of likely N-dealkylation sites (N-methyl/N-ethyl adjacent to an activating group) is 1. The molecule has 0 saturated carbocycles. The molecule has 2 heterocycles. The second-order valence-corrected chi connectivity index (χ2v) is 10.2. The molecule has 9 nitrogen and oxygen atoms in total. The third-order valence-corrected chi connectivity index (χ3v) is 6.85. The predicted octanol–water partition coefficient (Wildman–Crippen LogP) is 1.76. The van der Waals surface area contributed by atoms with Gasteiger partial charge in [0.1, 0.15) is 18.7 Å². The highest BCUT2D eigenvalue weighted by atomic mass is 16.6. The van der Waals surface area contributed by atoms with Gasteiger partial charge in [-0.2, -0.15) is 0 Å². The summed E-state index contributed by atoms with van der Waals surface area (Å²) in [6, 6.07) is 7.94. The van der Waals surface area contributed by atoms with Crippen LogP contribution in [0.3, 0.4) is 0 Å². The lowest BCUT2D eigenvalue weighted by Gasteiger charge is -2.37. The van der Waals surface area contributed by atoms with Gasteiger partial charge in [-0.25, -0.2) is 4.79 Å². The van der Waals surface area contributed by atoms with Crippen molar-refractivity contribution in [2.75, 3.05) is 27.2 Å². The second kappa shape index (κ2) is 10.7. The molecule has 2 saturated heterocycles. The van der Waals surface area contributed by atoms with Crippen LogP contribution in [0.2, 0.25) is 0 Å². The van der Waals surface area contributed by atoms with Gasteiger partial charge in [0.15, 0.2) is 0 Å². The number of ether oxygens (including phenoxy) is 2. The average molecular weight is 475 g/mol. The molecule has 0 spiro atoms. The highest BCUT2D eigenvalue weighted by Gasteiger charge is 2.49. The molecule has 9 heteroatoms. The first-order valence-corrected chi connectivity index (χ1v) is 11.8. The van der Waals surface area contributed by atoms with Gasteiger partial charge in [-0.3, -0.25) is 14.5 Å². The smallest absolute Gasteiger partial charge is 0.410 e. The number of carbonyl (C=O) groups excluding carboxylic acids is 3. The number of methoxy groups -OCH3 is 1. The molecule has 5 atom stereocenters. The van der Waals surface area contributed by atoms with E-state index in [0.29, 0.717) is 13.1 Å². The van der Waals surface area contributed by atoms with Crippen LogP contribution in [0.1, 0.15) is 39.7 Å². The summed E-state index contributed by atoms with van der Waals surface area (Å²) in [5.74, 6) is -0.531. The Hall–Kier alpha value is -2.65. The minimum Gasteiger partial charge on any atom is -0.445 e. The zero-order valence-electron chi connectivity index (χ0n) is 21.0. The van der Waals surface area contributed by atoms with E-state index in [-0.39, 0.29) is 30.7 Å². The Morgan fingerprint density at radius 3 is 2.53 bits per heavy atom. The molecule has 0 aromatic heterocycles. The van der Waals surface area contributed by atoms with Gasteiger partial charge < -0.3 is 25.0 Å². The maximum absolute atomic E-state index is 13.6. The monoisotopic (exact) mass is 474 g/mol. The summed E-state index contributed by atoms with van der Waals surface area (Å²) in [4.78, 5) is 42.4. The molecule has 0 radical (unpaired) electrons. The summed E-state index contributed by atoms with van der Waals surface area (Å²) in [5.41, 5.74) is 0.338. The van der Waals surface area contributed by atoms with Gasteiger partial charge in [-0.05, 0) is 24.3 Å². The van der Waals surface area contributed by atoms with Crippen molar-refractivity contribution in [2.45, 2.75) is 71.0 Å². The van der Waals surface area contributed by atoms with Gasteiger partial charge in [0, 0.05) is 33.3 Å². The van der Waals surface area contributed by atoms with Crippen molar-refractivity contribution in [3.63, 3.8) is 0 Å². The summed E-state index contributed by atoms with van der Waals surface area (Å²) in [6.07, 6.45) is 0.178. The number of carbonyl (C=O) groups is 3. The zero-order chi connectivity index (χ0) is 25.0. The minimum absolute atomic E-state index is 0.0488. The Labute approximate surface area is 202 Å². The fraction of sp³-hybridized carbons (Fsp3) is 0.640. The standard InChI is InChI=1S/C25H38N4O5/c1-16(28(5)24(32)34-15-17-10-8-7-9-11-17)22(30)27-21(25(2,3)4)23(31)29-13-12-18-20(29)19(33-6)14-26-18/h7-11,16,18-21,26H,12-15H2,1-6H3,(H,27,30)/t16-,18+,19-,20-,21+/m0/s1. The van der Waals surface area contributed by atoms with Gasteiger partial charge in [-0.1, -0.05) is 51.1 Å². The molecule has 3 rings (SSSR count). The van der Waals surface area contributed by atoms with Crippen LogP contribution in [0.5, 0.6) is 0 Å². The van der Waals surface area contributed by atoms with Gasteiger partial charge in [0.25, 0.3) is 0 Å². The Balaban J connectivity index is 1.64. The van der Waals surface area contributed by atoms with E-state index in [1.807, 2.05) is 56.0 Å². The van der Waals surface area contributed by atoms with Crippen molar-refractivity contribution < 1.29 is 23.9 Å². The third kappa shape index (κ3) is 5.70. The number of rotatable bonds is 7. The number of benzene rings is 1. The van der Waals surface area contributed by atoms with E-state index in [2.05, 4.69) is 10.6 Å². The fourth-order valence-corrected chi connectivity index (χ4v) is 4.60. The van der Waals surface area contributed by atoms with Crippen molar-refractivity contribution in [1.29, 1.82) is 0 Å². The lowest BCUT2D eigenvalue weighted by atomic mass is 9.85. The Bertz CT molecular complexity index is 872. The highest BCUT2D eigenvalue weighted by molar-refractivity contribution is 5.91. The van der Waals surface area contributed by atoms with E-state index in [0.717, 1.165) is 12.0 Å². The van der Waals surface area contributed by atoms with Crippen LogP contribution in [-0.4, -0.2) is 85.2 Å². The highest BCUT2D eigenvalue weighted by Crippen LogP contribution is 2.30. The quantitative estimate of drug-likeness (QED) is 0.625. The lowest BCUT2D eigenvalue weighted by Crippen LogP contribution is -2.60. The molecule has 2 aliphatic heterocycles. The van der Waals surface area contributed by atoms with Crippen molar-refractivity contribution >= 4 is 17.9 Å². The van der Waals surface area contributed by atoms with E-state index in [9.17, 15) is 14.4 Å². The maximum atomic E-state index is 13.6. The van der Waals surface area contributed by atoms with Crippen LogP contribution >= 0.6 is 0 Å². The predicted molar refractivity (Wildman–Crippen MR) is 128 cm³/mol. The number of nitrogens with one attached hydrogen (secondary N) is 2. The number of likely N-dealkylation sites (tertiary alicyclic amines) is 1. The third-order valence-electron chi connectivity index (χ3n) is 6.85. The Morgan fingerprint density at radius 2 is 1.91 bits per heavy atom. The van der Waals surface area contributed by atoms with Crippen molar-refractivity contribution in [3.05, 3.63) is 35.9 Å². The summed E-state index contributed by atoms with van der Waals surface area (Å²) < 4.78 is 10.9. The van der Waals surface area contributed by atoms with Crippen LogP contribution in [0.15, 0.2) is 30.3 Å². The average Bonchev–Trinajstić information content (AvgIpc) is 3.41. The van der Waals surface area contributed by atoms with E-state index in [1.165, 1.54) is 11.9 Å². The zero-order valence-corrected chi connectivity index (χ0v) is 21.0. The van der Waals surface area contributed by atoms with Gasteiger partial charge in [0.2, 0.25) is 11.8 Å². The molecule has 2 aliphatic rings. The summed E-state index contributed by atoms with van der Waals surface area (Å²) in [6.45, 7) is 8.83. The first-order chi connectivity index (χ1) is 16.0. The number of hydrogen-bond donors (Lipinski definition) is 2. The molecular weight excluding hydrogens is 436 g/mol. The fourth-order valence-electron chi connectivity index (χ4n) is 4.60. The van der Waals surface area contributed by atoms with E-state index in [4.69, 9.17) is 9.47 Å². The number of fused-ring (bicyclic) bond motifs is 1. The lowest BCUT2D eigenvalue weighted by molar-refractivity contribution is -0.142. The van der Waals surface area contributed by atoms with Crippen molar-refractivity contribution in [2.24, 2.45) is 5.41 Å². The van der Waals surface area contributed by atoms with Crippen LogP contribution in [0, 0.1) is 5.41 Å². The normalized spacial score (nSPS) is 23.7. The second-order valence-electron chi connectivity index (χ2n) is 10.2. The molecule has 0 unspecified atom stereocenters. The minimum atomic E-state index is -0.813. The first-order valence-electron chi connectivity index (χ1n) is 11.8. The topological polar surface area (TPSA) is 100 Å². The molecule has 188 valence electrons. The van der Waals surface area contributed by atoms with Crippen LogP contribution in [-0.2, 0) is 25.7 Å². The van der Waals surface area contributed by atoms with E-state index >= 15 is 0 Å². The first kappa shape index (κ1) is 26.0. The maximum Gasteiger partial charge on any atom is 0.410 e. The molecule has 34 heavy (non-hydrogen) atoms. The number of nitrogens with zero attached hydrogens (tertiary/aromatic N) is 2. The number of amides is 3. The van der Waals surface area contributed by atoms with E-state index in [1.54, 1.807) is 14.0 Å². The Morgan fingerprint density at radius 1 is 1.24 bits per heavy atom. The van der Waals surface area contributed by atoms with Gasteiger partial charge >= 0.3 is 6.09 Å². The van der Waals surface area contributed by atoms with E-state index < -0.39 is 29.5 Å². The van der Waals surface area contributed by atoms with Crippen LogP contribution in [0.25, 0.3) is 0 Å². The summed E-state index contributed by atoms with van der Waals surface area (Å²) in [5, 5.41) is 6.34. The van der Waals surface area contributed by atoms with Crippen molar-refractivity contribution in [1.82, 2.24) is 20.4 Å². The molecule has 1 aromatic rings. The van der Waals surface area contributed by atoms with Gasteiger partial charge in [-0.15, -0.1) is 0 Å². The van der Waals surface area contributed by atoms with Crippen molar-refractivity contribution in [3.8, 4) is 0 Å². The summed E-state index contributed by atoms with van der Waals surface area (Å²) in [7, 11) is 3.18. The van der Waals surface area contributed by atoms with Gasteiger partial charge in [0.05, 0.1) is 12.1 Å². The summed E-state index contributed by atoms with van der Waals surface area (Å²) >= 11 is 0. The number of hydrogen-bond acceptors (Lipinski definition) is 6. The molecule has 1 aromatic carbocycles. The molecule has 2 N–H and O–H groups in total. The molecule has 2 fully saturated rings. The molecule has 0 aliphatic carbocycles.